The van der Waals surface area contributed by atoms with Crippen LogP contribution in [0.5, 0.6) is 0 Å². The van der Waals surface area contributed by atoms with E-state index in [1.165, 1.54) is 6.08 Å². The van der Waals surface area contributed by atoms with Crippen molar-refractivity contribution in [1.82, 2.24) is 0 Å². The molecule has 0 aromatic carbocycles. The molecule has 0 aliphatic carbocycles. The van der Waals surface area contributed by atoms with Crippen molar-refractivity contribution in [2.45, 2.75) is 39.0 Å². The molecule has 0 aliphatic heterocycles. The molecule has 21 heavy (non-hydrogen) atoms. The van der Waals surface area contributed by atoms with E-state index in [0.29, 0.717) is 13.0 Å². The SMILES string of the molecule is CC=CC(=O)OCCCCCCOC(=O)CCP(=O)(O)O. The number of unbranched alkanes of at least 4 members (excludes halogenated alkanes) is 3. The first kappa shape index (κ1) is 19.8. The molecule has 0 saturated carbocycles. The van der Waals surface area contributed by atoms with E-state index in [1.54, 1.807) is 13.0 Å². The zero-order valence-corrected chi connectivity index (χ0v) is 13.1. The van der Waals surface area contributed by atoms with Crippen LogP contribution in [0.1, 0.15) is 39.0 Å². The normalized spacial score (nSPS) is 11.6. The molecule has 0 bridgehead atoms. The van der Waals surface area contributed by atoms with Crippen LogP contribution in [0.25, 0.3) is 0 Å². The van der Waals surface area contributed by atoms with Crippen molar-refractivity contribution < 1.29 is 33.4 Å². The predicted octanol–water partition coefficient (Wildman–Crippen LogP) is 1.78. The average molecular weight is 322 g/mol. The zero-order chi connectivity index (χ0) is 16.1. The lowest BCUT2D eigenvalue weighted by Crippen LogP contribution is -2.08. The summed E-state index contributed by atoms with van der Waals surface area (Å²) in [5.74, 6) is -0.949. The molecular formula is C13H23O7P. The highest BCUT2D eigenvalue weighted by molar-refractivity contribution is 7.51. The molecule has 0 amide bonds. The third kappa shape index (κ3) is 15.0. The van der Waals surface area contributed by atoms with Crippen LogP contribution in [-0.4, -0.2) is 41.1 Å². The smallest absolute Gasteiger partial charge is 0.330 e. The van der Waals surface area contributed by atoms with E-state index in [0.717, 1.165) is 19.3 Å². The molecule has 0 fully saturated rings. The van der Waals surface area contributed by atoms with E-state index in [9.17, 15) is 14.2 Å². The first-order valence-corrected chi connectivity index (χ1v) is 8.64. The molecule has 0 rings (SSSR count). The van der Waals surface area contributed by atoms with Crippen molar-refractivity contribution in [3.63, 3.8) is 0 Å². The third-order valence-electron chi connectivity index (χ3n) is 2.46. The van der Waals surface area contributed by atoms with E-state index < -0.39 is 19.7 Å². The van der Waals surface area contributed by atoms with Crippen LogP contribution < -0.4 is 0 Å². The molecule has 0 aromatic rings. The molecule has 0 radical (unpaired) electrons. The van der Waals surface area contributed by atoms with Gasteiger partial charge in [0.2, 0.25) is 0 Å². The molecule has 122 valence electrons. The van der Waals surface area contributed by atoms with Crippen LogP contribution in [0.3, 0.4) is 0 Å². The maximum atomic E-state index is 11.1. The molecule has 7 nitrogen and oxygen atoms in total. The van der Waals surface area contributed by atoms with Crippen LogP contribution in [0, 0.1) is 0 Å². The Morgan fingerprint density at radius 1 is 1.05 bits per heavy atom. The Labute approximate surface area is 124 Å². The molecule has 0 atom stereocenters. The van der Waals surface area contributed by atoms with Gasteiger partial charge < -0.3 is 19.3 Å². The quantitative estimate of drug-likeness (QED) is 0.258. The number of allylic oxidation sites excluding steroid dienone is 1. The molecule has 0 heterocycles. The Balaban J connectivity index is 3.38. The summed E-state index contributed by atoms with van der Waals surface area (Å²) in [5.41, 5.74) is 0. The van der Waals surface area contributed by atoms with Gasteiger partial charge in [0.15, 0.2) is 0 Å². The highest BCUT2D eigenvalue weighted by Gasteiger charge is 2.15. The number of carbonyl (C=O) groups excluding carboxylic acids is 2. The van der Waals surface area contributed by atoms with Crippen LogP contribution in [0.2, 0.25) is 0 Å². The van der Waals surface area contributed by atoms with Gasteiger partial charge in [0, 0.05) is 6.08 Å². The number of hydrogen-bond donors (Lipinski definition) is 2. The van der Waals surface area contributed by atoms with E-state index in [4.69, 9.17) is 19.3 Å². The third-order valence-corrected chi connectivity index (χ3v) is 3.26. The second-order valence-corrected chi connectivity index (χ2v) is 6.22. The summed E-state index contributed by atoms with van der Waals surface area (Å²) in [6, 6.07) is 0. The molecular weight excluding hydrogens is 299 g/mol. The fourth-order valence-corrected chi connectivity index (χ4v) is 1.88. The van der Waals surface area contributed by atoms with Gasteiger partial charge in [-0.1, -0.05) is 6.08 Å². The Kier molecular flexibility index (Phi) is 10.8. The monoisotopic (exact) mass is 322 g/mol. The van der Waals surface area contributed by atoms with E-state index in [2.05, 4.69) is 0 Å². The lowest BCUT2D eigenvalue weighted by atomic mass is 10.2. The van der Waals surface area contributed by atoms with Crippen molar-refractivity contribution in [2.24, 2.45) is 0 Å². The highest BCUT2D eigenvalue weighted by Crippen LogP contribution is 2.34. The van der Waals surface area contributed by atoms with Crippen molar-refractivity contribution >= 4 is 19.5 Å². The summed E-state index contributed by atoms with van der Waals surface area (Å²) in [7, 11) is -4.14. The Morgan fingerprint density at radius 3 is 2.14 bits per heavy atom. The Bertz CT molecular complexity index is 386. The number of carbonyl (C=O) groups is 2. The van der Waals surface area contributed by atoms with E-state index >= 15 is 0 Å². The number of esters is 2. The van der Waals surface area contributed by atoms with Crippen LogP contribution in [0.15, 0.2) is 12.2 Å². The number of ether oxygens (including phenoxy) is 2. The van der Waals surface area contributed by atoms with Crippen molar-refractivity contribution in [1.29, 1.82) is 0 Å². The van der Waals surface area contributed by atoms with Gasteiger partial charge in [-0.2, -0.15) is 0 Å². The molecule has 0 aliphatic rings. The lowest BCUT2D eigenvalue weighted by Gasteiger charge is -2.06. The van der Waals surface area contributed by atoms with Gasteiger partial charge in [-0.3, -0.25) is 9.36 Å². The predicted molar refractivity (Wildman–Crippen MR) is 76.7 cm³/mol. The summed E-state index contributed by atoms with van der Waals surface area (Å²) < 4.78 is 20.3. The molecule has 2 N–H and O–H groups in total. The lowest BCUT2D eigenvalue weighted by molar-refractivity contribution is -0.143. The van der Waals surface area contributed by atoms with Gasteiger partial charge in [0.25, 0.3) is 0 Å². The van der Waals surface area contributed by atoms with Gasteiger partial charge in [0.05, 0.1) is 25.8 Å². The van der Waals surface area contributed by atoms with Crippen LogP contribution in [0.4, 0.5) is 0 Å². The second kappa shape index (κ2) is 11.5. The molecule has 0 spiro atoms. The van der Waals surface area contributed by atoms with Gasteiger partial charge in [-0.15, -0.1) is 0 Å². The van der Waals surface area contributed by atoms with Crippen LogP contribution >= 0.6 is 7.60 Å². The molecule has 0 saturated heterocycles. The van der Waals surface area contributed by atoms with Gasteiger partial charge >= 0.3 is 19.5 Å². The number of rotatable bonds is 11. The van der Waals surface area contributed by atoms with Gasteiger partial charge in [-0.25, -0.2) is 4.79 Å². The maximum Gasteiger partial charge on any atom is 0.330 e. The minimum atomic E-state index is -4.14. The molecule has 0 unspecified atom stereocenters. The first-order chi connectivity index (χ1) is 9.85. The highest BCUT2D eigenvalue weighted by atomic mass is 31.2. The summed E-state index contributed by atoms with van der Waals surface area (Å²) in [4.78, 5) is 39.3. The largest absolute Gasteiger partial charge is 0.466 e. The summed E-state index contributed by atoms with van der Waals surface area (Å²) in [6.45, 7) is 2.34. The minimum absolute atomic E-state index is 0.234. The van der Waals surface area contributed by atoms with Crippen LogP contribution in [-0.2, 0) is 23.6 Å². The topological polar surface area (TPSA) is 110 Å². The fourth-order valence-electron chi connectivity index (χ4n) is 1.41. The standard InChI is InChI=1S/C13H23O7P/c1-2-7-12(14)19-9-5-3-4-6-10-20-13(15)8-11-21(16,17)18/h2,7H,3-6,8-11H2,1H3,(H2,16,17,18). The van der Waals surface area contributed by atoms with Crippen molar-refractivity contribution in [3.8, 4) is 0 Å². The van der Waals surface area contributed by atoms with E-state index in [-0.39, 0.29) is 19.0 Å². The summed E-state index contributed by atoms with van der Waals surface area (Å²) in [6.07, 6.45) is 5.31. The average Bonchev–Trinajstić information content (AvgIpc) is 2.39. The first-order valence-electron chi connectivity index (χ1n) is 6.85. The Morgan fingerprint density at radius 2 is 1.62 bits per heavy atom. The fraction of sp³-hybridized carbons (Fsp3) is 0.692. The van der Waals surface area contributed by atoms with E-state index in [1.807, 2.05) is 0 Å². The number of hydrogen-bond acceptors (Lipinski definition) is 5. The van der Waals surface area contributed by atoms with Gasteiger partial charge in [0.1, 0.15) is 0 Å². The zero-order valence-electron chi connectivity index (χ0n) is 12.2. The Hall–Kier alpha value is -1.17. The molecule has 0 aromatic heterocycles. The van der Waals surface area contributed by atoms with Gasteiger partial charge in [-0.05, 0) is 32.6 Å². The summed E-state index contributed by atoms with van der Waals surface area (Å²) >= 11 is 0. The minimum Gasteiger partial charge on any atom is -0.466 e. The second-order valence-electron chi connectivity index (χ2n) is 4.44. The van der Waals surface area contributed by atoms with Crippen molar-refractivity contribution in [3.05, 3.63) is 12.2 Å². The maximum absolute atomic E-state index is 11.1. The van der Waals surface area contributed by atoms with Crippen molar-refractivity contribution in [2.75, 3.05) is 19.4 Å². The summed E-state index contributed by atoms with van der Waals surface area (Å²) in [5, 5.41) is 0. The molecule has 8 heteroatoms.